The van der Waals surface area contributed by atoms with E-state index in [1.165, 1.54) is 11.3 Å². The summed E-state index contributed by atoms with van der Waals surface area (Å²) in [6.07, 6.45) is 8.61. The van der Waals surface area contributed by atoms with E-state index in [1.54, 1.807) is 6.20 Å². The van der Waals surface area contributed by atoms with Gasteiger partial charge in [-0.25, -0.2) is 4.98 Å². The van der Waals surface area contributed by atoms with Crippen LogP contribution in [0.1, 0.15) is 35.9 Å². The highest BCUT2D eigenvalue weighted by atomic mass is 32.1. The van der Waals surface area contributed by atoms with Crippen LogP contribution in [0.3, 0.4) is 0 Å². The summed E-state index contributed by atoms with van der Waals surface area (Å²) in [6.45, 7) is 2.07. The van der Waals surface area contributed by atoms with Crippen molar-refractivity contribution in [3.05, 3.63) is 34.4 Å². The van der Waals surface area contributed by atoms with Crippen LogP contribution in [0.25, 0.3) is 0 Å². The van der Waals surface area contributed by atoms with E-state index in [0.29, 0.717) is 10.0 Å². The van der Waals surface area contributed by atoms with Gasteiger partial charge in [-0.1, -0.05) is 30.4 Å². The lowest BCUT2D eigenvalue weighted by Gasteiger charge is -2.12. The minimum Gasteiger partial charge on any atom is -0.375 e. The quantitative estimate of drug-likeness (QED) is 0.818. The molecule has 1 aromatic rings. The van der Waals surface area contributed by atoms with Crippen LogP contribution in [-0.2, 0) is 0 Å². The van der Waals surface area contributed by atoms with E-state index in [1.807, 2.05) is 6.08 Å². The molecule has 4 heteroatoms. The van der Waals surface area contributed by atoms with E-state index >= 15 is 0 Å². The number of thiazole rings is 1. The predicted octanol–water partition coefficient (Wildman–Crippen LogP) is 2.96. The van der Waals surface area contributed by atoms with Crippen LogP contribution >= 0.6 is 11.3 Å². The van der Waals surface area contributed by atoms with Gasteiger partial charge in [-0.3, -0.25) is 4.79 Å². The zero-order chi connectivity index (χ0) is 11.5. The second-order valence-corrected chi connectivity index (χ2v) is 4.73. The van der Waals surface area contributed by atoms with Crippen molar-refractivity contribution in [1.29, 1.82) is 0 Å². The third-order valence-corrected chi connectivity index (χ3v) is 3.45. The van der Waals surface area contributed by atoms with E-state index in [4.69, 9.17) is 5.73 Å². The molecule has 0 bridgehead atoms. The predicted molar refractivity (Wildman–Crippen MR) is 66.5 cm³/mol. The van der Waals surface area contributed by atoms with Gasteiger partial charge in [0.05, 0.1) is 11.1 Å². The Labute approximate surface area is 98.7 Å². The molecule has 3 nitrogen and oxygen atoms in total. The van der Waals surface area contributed by atoms with Crippen molar-refractivity contribution < 1.29 is 4.79 Å². The summed E-state index contributed by atoms with van der Waals surface area (Å²) < 4.78 is 0. The normalized spacial score (nSPS) is 15.6. The average Bonchev–Trinajstić information content (AvgIpc) is 2.75. The van der Waals surface area contributed by atoms with Gasteiger partial charge in [0.1, 0.15) is 0 Å². The second-order valence-electron chi connectivity index (χ2n) is 3.67. The van der Waals surface area contributed by atoms with Crippen LogP contribution in [0.15, 0.2) is 29.5 Å². The zero-order valence-corrected chi connectivity index (χ0v) is 10.0. The fourth-order valence-electron chi connectivity index (χ4n) is 1.82. The van der Waals surface area contributed by atoms with Crippen LogP contribution in [0.5, 0.6) is 0 Å². The molecule has 0 amide bonds. The molecule has 1 aliphatic carbocycles. The lowest BCUT2D eigenvalue weighted by atomic mass is 9.92. The van der Waals surface area contributed by atoms with Gasteiger partial charge in [0.2, 0.25) is 5.78 Å². The smallest absolute Gasteiger partial charge is 0.204 e. The van der Waals surface area contributed by atoms with Crippen molar-refractivity contribution in [3.63, 3.8) is 0 Å². The van der Waals surface area contributed by atoms with Crippen molar-refractivity contribution in [2.75, 3.05) is 5.73 Å². The summed E-state index contributed by atoms with van der Waals surface area (Å²) in [5.41, 5.74) is 7.51. The van der Waals surface area contributed by atoms with Gasteiger partial charge >= 0.3 is 0 Å². The molecule has 0 saturated carbocycles. The fourth-order valence-corrected chi connectivity index (χ4v) is 2.46. The van der Waals surface area contributed by atoms with Crippen molar-refractivity contribution in [3.8, 4) is 0 Å². The topological polar surface area (TPSA) is 56.0 Å². The number of Topliss-reactive ketones (excluding diaryl/α,β-unsaturated/α-hetero) is 1. The van der Waals surface area contributed by atoms with Gasteiger partial charge in [0.15, 0.2) is 5.13 Å². The summed E-state index contributed by atoms with van der Waals surface area (Å²) in [7, 11) is 0. The molecule has 0 unspecified atom stereocenters. The highest BCUT2D eigenvalue weighted by molar-refractivity contribution is 7.17. The molecule has 1 aromatic heterocycles. The molecular formula is C12H14N2OS. The second kappa shape index (κ2) is 4.61. The van der Waals surface area contributed by atoms with Crippen molar-refractivity contribution in [1.82, 2.24) is 4.98 Å². The first kappa shape index (κ1) is 11.1. The molecule has 2 N–H and O–H groups in total. The highest BCUT2D eigenvalue weighted by Gasteiger charge is 2.18. The maximum absolute atomic E-state index is 12.2. The SMILES string of the molecule is CCC1=CCCC=C1C(=O)c1cnc(N)s1. The van der Waals surface area contributed by atoms with Crippen LogP contribution in [0.2, 0.25) is 0 Å². The molecule has 0 saturated heterocycles. The first-order chi connectivity index (χ1) is 7.72. The molecule has 0 spiro atoms. The van der Waals surface area contributed by atoms with Crippen molar-refractivity contribution in [2.24, 2.45) is 0 Å². The number of ketones is 1. The van der Waals surface area contributed by atoms with Gasteiger partial charge < -0.3 is 5.73 Å². The molecule has 16 heavy (non-hydrogen) atoms. The summed E-state index contributed by atoms with van der Waals surface area (Å²) in [5.74, 6) is 0.0574. The molecule has 0 aliphatic heterocycles. The monoisotopic (exact) mass is 234 g/mol. The summed E-state index contributed by atoms with van der Waals surface area (Å²) in [5, 5.41) is 0.446. The van der Waals surface area contributed by atoms with Crippen LogP contribution < -0.4 is 5.73 Å². The van der Waals surface area contributed by atoms with Gasteiger partial charge in [-0.05, 0) is 24.8 Å². The molecule has 0 aromatic carbocycles. The number of aromatic nitrogens is 1. The Kier molecular flexibility index (Phi) is 3.19. The minimum atomic E-state index is 0.0574. The number of carbonyl (C=O) groups is 1. The molecular weight excluding hydrogens is 220 g/mol. The van der Waals surface area contributed by atoms with Crippen molar-refractivity contribution in [2.45, 2.75) is 26.2 Å². The van der Waals surface area contributed by atoms with Gasteiger partial charge in [-0.15, -0.1) is 0 Å². The first-order valence-electron chi connectivity index (χ1n) is 5.38. The number of nitrogen functional groups attached to an aromatic ring is 1. The molecule has 1 aliphatic rings. The minimum absolute atomic E-state index is 0.0574. The van der Waals surface area contributed by atoms with Crippen LogP contribution in [0, 0.1) is 0 Å². The van der Waals surface area contributed by atoms with E-state index in [2.05, 4.69) is 18.0 Å². The van der Waals surface area contributed by atoms with Gasteiger partial charge in [0.25, 0.3) is 0 Å². The zero-order valence-electron chi connectivity index (χ0n) is 9.19. The number of nitrogens with zero attached hydrogens (tertiary/aromatic N) is 1. The van der Waals surface area contributed by atoms with Crippen molar-refractivity contribution >= 4 is 22.3 Å². The Bertz CT molecular complexity index is 471. The van der Waals surface area contributed by atoms with E-state index in [-0.39, 0.29) is 5.78 Å². The Morgan fingerprint density at radius 3 is 2.88 bits per heavy atom. The Balaban J connectivity index is 2.28. The lowest BCUT2D eigenvalue weighted by molar-refractivity contribution is 0.103. The Hall–Kier alpha value is -1.42. The lowest BCUT2D eigenvalue weighted by Crippen LogP contribution is -2.06. The van der Waals surface area contributed by atoms with E-state index in [0.717, 1.165) is 30.4 Å². The number of nitrogens with two attached hydrogens (primary N) is 1. The third-order valence-electron chi connectivity index (χ3n) is 2.62. The van der Waals surface area contributed by atoms with Gasteiger partial charge in [-0.2, -0.15) is 0 Å². The standard InChI is InChI=1S/C12H14N2OS/c1-2-8-5-3-4-6-9(8)11(15)10-7-14-12(13)16-10/h5-7H,2-4H2,1H3,(H2,13,14). The summed E-state index contributed by atoms with van der Waals surface area (Å²) in [4.78, 5) is 16.7. The maximum Gasteiger partial charge on any atom is 0.204 e. The Morgan fingerprint density at radius 1 is 1.50 bits per heavy atom. The molecule has 2 rings (SSSR count). The summed E-state index contributed by atoms with van der Waals surface area (Å²) in [6, 6.07) is 0. The largest absolute Gasteiger partial charge is 0.375 e. The molecule has 1 heterocycles. The maximum atomic E-state index is 12.2. The highest BCUT2D eigenvalue weighted by Crippen LogP contribution is 2.27. The summed E-state index contributed by atoms with van der Waals surface area (Å²) >= 11 is 1.25. The average molecular weight is 234 g/mol. The molecule has 84 valence electrons. The molecule has 0 atom stereocenters. The van der Waals surface area contributed by atoms with Gasteiger partial charge in [0, 0.05) is 5.57 Å². The van der Waals surface area contributed by atoms with Crippen LogP contribution in [0.4, 0.5) is 5.13 Å². The van der Waals surface area contributed by atoms with E-state index in [9.17, 15) is 4.79 Å². The number of hydrogen-bond donors (Lipinski definition) is 1. The Morgan fingerprint density at radius 2 is 2.25 bits per heavy atom. The van der Waals surface area contributed by atoms with Crippen LogP contribution in [-0.4, -0.2) is 10.8 Å². The molecule has 0 fully saturated rings. The van der Waals surface area contributed by atoms with E-state index < -0.39 is 0 Å². The third kappa shape index (κ3) is 2.07. The number of anilines is 1. The molecule has 0 radical (unpaired) electrons. The number of hydrogen-bond acceptors (Lipinski definition) is 4. The number of carbonyl (C=O) groups excluding carboxylic acids is 1. The number of rotatable bonds is 3. The first-order valence-corrected chi connectivity index (χ1v) is 6.19. The number of allylic oxidation sites excluding steroid dienone is 4. The fraction of sp³-hybridized carbons (Fsp3) is 0.333.